The topological polar surface area (TPSA) is 69.7 Å². The largest absolute Gasteiger partial charge is 0.343 e. The molecule has 1 N–H and O–H groups in total. The number of hydrogen-bond acceptors (Lipinski definition) is 5. The molecule has 1 unspecified atom stereocenters. The maximum atomic E-state index is 13.1. The molecular formula is C25H29N3O3S2. The van der Waals surface area contributed by atoms with Crippen molar-refractivity contribution in [3.8, 4) is 0 Å². The summed E-state index contributed by atoms with van der Waals surface area (Å²) in [6.07, 6.45) is 0. The number of carbonyl (C=O) groups excluding carboxylic acids is 1. The van der Waals surface area contributed by atoms with E-state index in [1.807, 2.05) is 78.7 Å². The van der Waals surface area contributed by atoms with Crippen LogP contribution < -0.4 is 5.32 Å². The van der Waals surface area contributed by atoms with Crippen molar-refractivity contribution in [2.45, 2.75) is 24.8 Å². The maximum absolute atomic E-state index is 13.1. The van der Waals surface area contributed by atoms with Crippen LogP contribution in [0.15, 0.2) is 70.9 Å². The van der Waals surface area contributed by atoms with Crippen molar-refractivity contribution in [1.29, 1.82) is 0 Å². The van der Waals surface area contributed by atoms with Gasteiger partial charge in [-0.1, -0.05) is 54.1 Å². The molecule has 1 amide bonds. The number of piperazine rings is 1. The third-order valence-corrected chi connectivity index (χ3v) is 8.91. The van der Waals surface area contributed by atoms with E-state index < -0.39 is 10.0 Å². The fourth-order valence-electron chi connectivity index (χ4n) is 4.19. The molecule has 4 rings (SSSR count). The van der Waals surface area contributed by atoms with Crippen LogP contribution in [-0.4, -0.2) is 56.3 Å². The van der Waals surface area contributed by atoms with Gasteiger partial charge in [0, 0.05) is 31.1 Å². The Morgan fingerprint density at radius 3 is 2.36 bits per heavy atom. The second kappa shape index (κ2) is 10.2. The summed E-state index contributed by atoms with van der Waals surface area (Å²) in [5, 5.41) is 5.17. The molecule has 1 saturated heterocycles. The van der Waals surface area contributed by atoms with Crippen LogP contribution in [0.3, 0.4) is 0 Å². The molecule has 0 saturated carbocycles. The van der Waals surface area contributed by atoms with Crippen LogP contribution in [0, 0.1) is 13.8 Å². The van der Waals surface area contributed by atoms with Crippen molar-refractivity contribution in [1.82, 2.24) is 14.5 Å². The van der Waals surface area contributed by atoms with Crippen molar-refractivity contribution < 1.29 is 13.2 Å². The normalized spacial score (nSPS) is 16.4. The van der Waals surface area contributed by atoms with E-state index in [4.69, 9.17) is 0 Å². The molecule has 1 aromatic heterocycles. The van der Waals surface area contributed by atoms with Crippen molar-refractivity contribution in [2.75, 3.05) is 32.7 Å². The predicted molar refractivity (Wildman–Crippen MR) is 132 cm³/mol. The Hall–Kier alpha value is -2.52. The number of aryl methyl sites for hydroxylation is 2. The Labute approximate surface area is 199 Å². The lowest BCUT2D eigenvalue weighted by Crippen LogP contribution is -2.51. The van der Waals surface area contributed by atoms with Crippen LogP contribution in [-0.2, 0) is 14.8 Å². The third-order valence-electron chi connectivity index (χ3n) is 5.91. The fourth-order valence-corrected chi connectivity index (χ4v) is 6.62. The number of hydrogen-bond donors (Lipinski definition) is 1. The predicted octanol–water partition coefficient (Wildman–Crippen LogP) is 3.58. The molecule has 2 aromatic carbocycles. The fraction of sp³-hybridized carbons (Fsp3) is 0.320. The summed E-state index contributed by atoms with van der Waals surface area (Å²) in [6.45, 7) is 5.81. The Kier molecular flexibility index (Phi) is 7.29. The number of nitrogens with one attached hydrogen (secondary N) is 1. The van der Waals surface area contributed by atoms with Crippen molar-refractivity contribution >= 4 is 27.3 Å². The minimum atomic E-state index is -3.54. The summed E-state index contributed by atoms with van der Waals surface area (Å²) in [5.74, 6) is -0.0667. The number of carbonyl (C=O) groups is 1. The molecule has 2 heterocycles. The molecule has 0 radical (unpaired) electrons. The molecule has 33 heavy (non-hydrogen) atoms. The van der Waals surface area contributed by atoms with Gasteiger partial charge in [-0.25, -0.2) is 8.42 Å². The summed E-state index contributed by atoms with van der Waals surface area (Å²) in [5.41, 5.74) is 2.84. The Bertz CT molecular complexity index is 1190. The third kappa shape index (κ3) is 5.52. The van der Waals surface area contributed by atoms with Crippen molar-refractivity contribution in [3.63, 3.8) is 0 Å². The van der Waals surface area contributed by atoms with Gasteiger partial charge in [0.1, 0.15) is 0 Å². The van der Waals surface area contributed by atoms with Crippen LogP contribution in [0.1, 0.15) is 27.6 Å². The van der Waals surface area contributed by atoms with Gasteiger partial charge in [-0.3, -0.25) is 9.69 Å². The molecule has 0 spiro atoms. The quantitative estimate of drug-likeness (QED) is 0.558. The summed E-state index contributed by atoms with van der Waals surface area (Å²) >= 11 is 1.62. The van der Waals surface area contributed by atoms with Gasteiger partial charge in [-0.15, -0.1) is 11.3 Å². The van der Waals surface area contributed by atoms with E-state index in [9.17, 15) is 13.2 Å². The zero-order chi connectivity index (χ0) is 23.4. The van der Waals surface area contributed by atoms with Gasteiger partial charge in [0.2, 0.25) is 15.9 Å². The Morgan fingerprint density at radius 1 is 1.00 bits per heavy atom. The van der Waals surface area contributed by atoms with Crippen LogP contribution in [0.2, 0.25) is 0 Å². The Morgan fingerprint density at radius 2 is 1.73 bits per heavy atom. The monoisotopic (exact) mass is 483 g/mol. The molecule has 0 aliphatic carbocycles. The zero-order valence-electron chi connectivity index (χ0n) is 18.9. The maximum Gasteiger partial charge on any atom is 0.243 e. The molecule has 0 bridgehead atoms. The minimum Gasteiger partial charge on any atom is -0.343 e. The van der Waals surface area contributed by atoms with E-state index in [0.717, 1.165) is 21.6 Å². The number of amides is 1. The number of nitrogens with zero attached hydrogens (tertiary/aromatic N) is 2. The molecule has 1 atom stereocenters. The standard InChI is InChI=1S/C25H29N3O3S2/c1-19-10-11-23(20(2)17-19)33(30,31)28-14-12-27(13-15-28)18-24(29)26-25(22-9-6-16-32-22)21-7-4-3-5-8-21/h3-11,16-17,25H,12-15,18H2,1-2H3,(H,26,29). The summed E-state index contributed by atoms with van der Waals surface area (Å²) in [6, 6.07) is 19.2. The Balaban J connectivity index is 1.37. The first kappa shape index (κ1) is 23.6. The van der Waals surface area contributed by atoms with Crippen LogP contribution in [0.4, 0.5) is 0 Å². The average Bonchev–Trinajstić information content (AvgIpc) is 3.33. The highest BCUT2D eigenvalue weighted by Crippen LogP contribution is 2.26. The van der Waals surface area contributed by atoms with Gasteiger partial charge in [0.25, 0.3) is 0 Å². The van der Waals surface area contributed by atoms with E-state index in [0.29, 0.717) is 31.1 Å². The number of benzene rings is 2. The van der Waals surface area contributed by atoms with E-state index in [1.165, 1.54) is 4.31 Å². The lowest BCUT2D eigenvalue weighted by Gasteiger charge is -2.34. The van der Waals surface area contributed by atoms with E-state index in [1.54, 1.807) is 17.4 Å². The minimum absolute atomic E-state index is 0.0667. The molecule has 174 valence electrons. The highest BCUT2D eigenvalue weighted by molar-refractivity contribution is 7.89. The summed E-state index contributed by atoms with van der Waals surface area (Å²) in [4.78, 5) is 16.3. The molecule has 1 aliphatic rings. The number of thiophene rings is 1. The highest BCUT2D eigenvalue weighted by Gasteiger charge is 2.30. The molecule has 8 heteroatoms. The highest BCUT2D eigenvalue weighted by atomic mass is 32.2. The van der Waals surface area contributed by atoms with Gasteiger partial charge in [0.05, 0.1) is 17.5 Å². The van der Waals surface area contributed by atoms with Crippen molar-refractivity contribution in [3.05, 3.63) is 87.6 Å². The molecule has 1 fully saturated rings. The van der Waals surface area contributed by atoms with Crippen LogP contribution in [0.25, 0.3) is 0 Å². The van der Waals surface area contributed by atoms with Crippen molar-refractivity contribution in [2.24, 2.45) is 0 Å². The summed E-state index contributed by atoms with van der Waals surface area (Å²) in [7, 11) is -3.54. The molecule has 1 aliphatic heterocycles. The van der Waals surface area contributed by atoms with Crippen LogP contribution in [0.5, 0.6) is 0 Å². The van der Waals surface area contributed by atoms with E-state index in [2.05, 4.69) is 5.32 Å². The summed E-state index contributed by atoms with van der Waals surface area (Å²) < 4.78 is 27.7. The first-order chi connectivity index (χ1) is 15.8. The van der Waals surface area contributed by atoms with Crippen LogP contribution >= 0.6 is 11.3 Å². The van der Waals surface area contributed by atoms with Gasteiger partial charge >= 0.3 is 0 Å². The second-order valence-corrected chi connectivity index (χ2v) is 11.3. The number of rotatable bonds is 7. The first-order valence-electron chi connectivity index (χ1n) is 11.0. The molecular weight excluding hydrogens is 454 g/mol. The molecule has 3 aromatic rings. The second-order valence-electron chi connectivity index (χ2n) is 8.38. The first-order valence-corrected chi connectivity index (χ1v) is 13.3. The lowest BCUT2D eigenvalue weighted by atomic mass is 10.1. The zero-order valence-corrected chi connectivity index (χ0v) is 20.5. The van der Waals surface area contributed by atoms with E-state index in [-0.39, 0.29) is 18.5 Å². The van der Waals surface area contributed by atoms with Gasteiger partial charge in [0.15, 0.2) is 0 Å². The lowest BCUT2D eigenvalue weighted by molar-refractivity contribution is -0.123. The smallest absolute Gasteiger partial charge is 0.243 e. The molecule has 6 nitrogen and oxygen atoms in total. The number of sulfonamides is 1. The SMILES string of the molecule is Cc1ccc(S(=O)(=O)N2CCN(CC(=O)NC(c3ccccc3)c3cccs3)CC2)c(C)c1. The average molecular weight is 484 g/mol. The van der Waals surface area contributed by atoms with Gasteiger partial charge < -0.3 is 5.32 Å². The van der Waals surface area contributed by atoms with Gasteiger partial charge in [-0.05, 0) is 42.5 Å². The van der Waals surface area contributed by atoms with Gasteiger partial charge in [-0.2, -0.15) is 4.31 Å². The van der Waals surface area contributed by atoms with E-state index >= 15 is 0 Å².